The van der Waals surface area contributed by atoms with Crippen molar-refractivity contribution in [2.45, 2.75) is 31.9 Å². The Bertz CT molecular complexity index is 225. The van der Waals surface area contributed by atoms with E-state index in [2.05, 4.69) is 29.1 Å². The number of rotatable bonds is 5. The van der Waals surface area contributed by atoms with E-state index in [9.17, 15) is 0 Å². The van der Waals surface area contributed by atoms with Crippen LogP contribution in [-0.2, 0) is 4.74 Å². The minimum Gasteiger partial charge on any atom is -0.374 e. The van der Waals surface area contributed by atoms with Crippen LogP contribution in [0.3, 0.4) is 0 Å². The molecule has 0 spiro atoms. The maximum atomic E-state index is 5.75. The van der Waals surface area contributed by atoms with Crippen molar-refractivity contribution in [3.63, 3.8) is 0 Å². The SMILES string of the molecule is CCN1CCCC1CNCC1CN(C)CCO1. The number of nitrogens with zero attached hydrogens (tertiary/aromatic N) is 2. The lowest BCUT2D eigenvalue weighted by molar-refractivity contribution is -0.0185. The smallest absolute Gasteiger partial charge is 0.0826 e. The van der Waals surface area contributed by atoms with Gasteiger partial charge >= 0.3 is 0 Å². The van der Waals surface area contributed by atoms with Crippen molar-refractivity contribution in [3.05, 3.63) is 0 Å². The molecule has 0 saturated carbocycles. The molecule has 1 N–H and O–H groups in total. The molecule has 4 heteroatoms. The molecule has 0 bridgehead atoms. The molecular weight excluding hydrogens is 214 g/mol. The highest BCUT2D eigenvalue weighted by molar-refractivity contribution is 4.81. The van der Waals surface area contributed by atoms with Gasteiger partial charge in [-0.25, -0.2) is 0 Å². The monoisotopic (exact) mass is 241 g/mol. The second-order valence-corrected chi connectivity index (χ2v) is 5.34. The number of hydrogen-bond acceptors (Lipinski definition) is 4. The Morgan fingerprint density at radius 3 is 2.94 bits per heavy atom. The predicted molar refractivity (Wildman–Crippen MR) is 70.4 cm³/mol. The molecule has 2 saturated heterocycles. The summed E-state index contributed by atoms with van der Waals surface area (Å²) in [5, 5.41) is 3.59. The maximum Gasteiger partial charge on any atom is 0.0826 e. The van der Waals surface area contributed by atoms with Gasteiger partial charge in [0.15, 0.2) is 0 Å². The second-order valence-electron chi connectivity index (χ2n) is 5.34. The molecule has 0 aliphatic carbocycles. The summed E-state index contributed by atoms with van der Waals surface area (Å²) < 4.78 is 5.75. The lowest BCUT2D eigenvalue weighted by atomic mass is 10.2. The fraction of sp³-hybridized carbons (Fsp3) is 1.00. The van der Waals surface area contributed by atoms with Gasteiger partial charge in [-0.1, -0.05) is 6.92 Å². The Morgan fingerprint density at radius 2 is 2.18 bits per heavy atom. The highest BCUT2D eigenvalue weighted by atomic mass is 16.5. The molecule has 100 valence electrons. The van der Waals surface area contributed by atoms with E-state index in [1.807, 2.05) is 0 Å². The van der Waals surface area contributed by atoms with Gasteiger partial charge in [-0.15, -0.1) is 0 Å². The lowest BCUT2D eigenvalue weighted by Gasteiger charge is -2.31. The third-order valence-electron chi connectivity index (χ3n) is 4.00. The van der Waals surface area contributed by atoms with Crippen LogP contribution in [-0.4, -0.2) is 74.9 Å². The molecule has 2 aliphatic rings. The zero-order chi connectivity index (χ0) is 12.1. The first-order valence-electron chi connectivity index (χ1n) is 7.04. The van der Waals surface area contributed by atoms with Crippen LogP contribution in [0.15, 0.2) is 0 Å². The standard InChI is InChI=1S/C13H27N3O/c1-3-16-6-4-5-12(16)9-14-10-13-11-15(2)7-8-17-13/h12-14H,3-11H2,1-2H3. The molecule has 2 fully saturated rings. The molecule has 17 heavy (non-hydrogen) atoms. The van der Waals surface area contributed by atoms with Gasteiger partial charge in [0.1, 0.15) is 0 Å². The van der Waals surface area contributed by atoms with E-state index in [4.69, 9.17) is 4.74 Å². The van der Waals surface area contributed by atoms with Crippen LogP contribution in [0.25, 0.3) is 0 Å². The number of ether oxygens (including phenoxy) is 1. The fourth-order valence-electron chi connectivity index (χ4n) is 2.94. The summed E-state index contributed by atoms with van der Waals surface area (Å²) in [5.41, 5.74) is 0. The summed E-state index contributed by atoms with van der Waals surface area (Å²) >= 11 is 0. The van der Waals surface area contributed by atoms with Crippen molar-refractivity contribution in [1.82, 2.24) is 15.1 Å². The Balaban J connectivity index is 1.62. The first kappa shape index (κ1) is 13.3. The molecule has 2 atom stereocenters. The van der Waals surface area contributed by atoms with Crippen molar-refractivity contribution < 1.29 is 4.74 Å². The minimum atomic E-state index is 0.380. The van der Waals surface area contributed by atoms with Gasteiger partial charge in [-0.05, 0) is 33.0 Å². The highest BCUT2D eigenvalue weighted by Crippen LogP contribution is 2.15. The molecule has 2 heterocycles. The lowest BCUT2D eigenvalue weighted by Crippen LogP contribution is -2.47. The van der Waals surface area contributed by atoms with Gasteiger partial charge in [0.2, 0.25) is 0 Å². The Hall–Kier alpha value is -0.160. The van der Waals surface area contributed by atoms with E-state index in [1.54, 1.807) is 0 Å². The Morgan fingerprint density at radius 1 is 1.29 bits per heavy atom. The third-order valence-corrected chi connectivity index (χ3v) is 4.00. The predicted octanol–water partition coefficient (Wildman–Crippen LogP) is 0.391. The molecule has 0 aromatic rings. The molecule has 0 radical (unpaired) electrons. The normalized spacial score (nSPS) is 32.1. The summed E-state index contributed by atoms with van der Waals surface area (Å²) in [6.45, 7) is 9.87. The van der Waals surface area contributed by atoms with Crippen LogP contribution in [0.1, 0.15) is 19.8 Å². The van der Waals surface area contributed by atoms with E-state index in [0.717, 1.165) is 38.8 Å². The zero-order valence-corrected chi connectivity index (χ0v) is 11.3. The minimum absolute atomic E-state index is 0.380. The largest absolute Gasteiger partial charge is 0.374 e. The van der Waals surface area contributed by atoms with Crippen molar-refractivity contribution in [1.29, 1.82) is 0 Å². The molecule has 2 rings (SSSR count). The summed E-state index contributed by atoms with van der Waals surface area (Å²) in [7, 11) is 2.17. The molecule has 0 aromatic heterocycles. The van der Waals surface area contributed by atoms with Gasteiger partial charge in [0.05, 0.1) is 12.7 Å². The summed E-state index contributed by atoms with van der Waals surface area (Å²) in [4.78, 5) is 4.94. The van der Waals surface area contributed by atoms with E-state index in [0.29, 0.717) is 6.10 Å². The number of morpholine rings is 1. The molecule has 2 unspecified atom stereocenters. The van der Waals surface area contributed by atoms with Gasteiger partial charge in [-0.3, -0.25) is 4.90 Å². The topological polar surface area (TPSA) is 27.7 Å². The molecule has 4 nitrogen and oxygen atoms in total. The van der Waals surface area contributed by atoms with Crippen molar-refractivity contribution >= 4 is 0 Å². The number of hydrogen-bond donors (Lipinski definition) is 1. The quantitative estimate of drug-likeness (QED) is 0.754. The van der Waals surface area contributed by atoms with Crippen molar-refractivity contribution in [2.75, 3.05) is 52.9 Å². The van der Waals surface area contributed by atoms with Crippen LogP contribution in [0.5, 0.6) is 0 Å². The van der Waals surface area contributed by atoms with E-state index < -0.39 is 0 Å². The van der Waals surface area contributed by atoms with Crippen LogP contribution < -0.4 is 5.32 Å². The Labute approximate surface area is 105 Å². The number of likely N-dealkylation sites (tertiary alicyclic amines) is 1. The third kappa shape index (κ3) is 3.91. The van der Waals surface area contributed by atoms with Crippen LogP contribution in [0, 0.1) is 0 Å². The maximum absolute atomic E-state index is 5.75. The first-order chi connectivity index (χ1) is 8.29. The summed E-state index contributed by atoms with van der Waals surface area (Å²) in [6.07, 6.45) is 3.10. The van der Waals surface area contributed by atoms with E-state index in [1.165, 1.54) is 25.9 Å². The first-order valence-corrected chi connectivity index (χ1v) is 7.04. The molecular formula is C13H27N3O. The van der Waals surface area contributed by atoms with Crippen molar-refractivity contribution in [3.8, 4) is 0 Å². The summed E-state index contributed by atoms with van der Waals surface area (Å²) in [5.74, 6) is 0. The second kappa shape index (κ2) is 6.69. The van der Waals surface area contributed by atoms with Crippen molar-refractivity contribution in [2.24, 2.45) is 0 Å². The van der Waals surface area contributed by atoms with E-state index >= 15 is 0 Å². The van der Waals surface area contributed by atoms with Gasteiger partial charge in [0, 0.05) is 32.2 Å². The van der Waals surface area contributed by atoms with Gasteiger partial charge < -0.3 is 15.0 Å². The van der Waals surface area contributed by atoms with Crippen LogP contribution in [0.4, 0.5) is 0 Å². The molecule has 0 aromatic carbocycles. The Kier molecular flexibility index (Phi) is 5.22. The van der Waals surface area contributed by atoms with Crippen LogP contribution >= 0.6 is 0 Å². The van der Waals surface area contributed by atoms with Crippen LogP contribution in [0.2, 0.25) is 0 Å². The average molecular weight is 241 g/mol. The zero-order valence-electron chi connectivity index (χ0n) is 11.3. The highest BCUT2D eigenvalue weighted by Gasteiger charge is 2.23. The number of nitrogens with one attached hydrogen (secondary N) is 1. The molecule has 0 amide bonds. The van der Waals surface area contributed by atoms with E-state index in [-0.39, 0.29) is 0 Å². The fourth-order valence-corrected chi connectivity index (χ4v) is 2.94. The average Bonchev–Trinajstić information content (AvgIpc) is 2.77. The van der Waals surface area contributed by atoms with Gasteiger partial charge in [-0.2, -0.15) is 0 Å². The van der Waals surface area contributed by atoms with Gasteiger partial charge in [0.25, 0.3) is 0 Å². The summed E-state index contributed by atoms with van der Waals surface area (Å²) in [6, 6.07) is 0.751. The number of likely N-dealkylation sites (N-methyl/N-ethyl adjacent to an activating group) is 2. The molecule has 2 aliphatic heterocycles.